The molecule has 3 aromatic rings. The second-order valence-electron chi connectivity index (χ2n) is 6.13. The molecule has 2 N–H and O–H groups in total. The van der Waals surface area contributed by atoms with E-state index in [-0.39, 0.29) is 11.9 Å². The Morgan fingerprint density at radius 1 is 1.00 bits per heavy atom. The van der Waals surface area contributed by atoms with E-state index in [0.29, 0.717) is 11.5 Å². The fourth-order valence-corrected chi connectivity index (χ4v) is 2.29. The van der Waals surface area contributed by atoms with E-state index < -0.39 is 0 Å². The number of rotatable bonds is 7. The monoisotopic (exact) mass is 362 g/mol. The molecule has 1 amide bonds. The molecule has 0 aliphatic heterocycles. The molecular formula is C21H22N4O2. The first-order chi connectivity index (χ1) is 13.1. The van der Waals surface area contributed by atoms with Gasteiger partial charge in [0.1, 0.15) is 23.0 Å². The van der Waals surface area contributed by atoms with Crippen LogP contribution in [0.15, 0.2) is 67.0 Å². The fourth-order valence-electron chi connectivity index (χ4n) is 2.29. The summed E-state index contributed by atoms with van der Waals surface area (Å²) in [5.74, 6) is 1.88. The molecule has 1 heterocycles. The lowest BCUT2D eigenvalue weighted by atomic mass is 10.2. The minimum absolute atomic E-state index is 0.105. The Hall–Kier alpha value is -3.41. The molecule has 0 saturated carbocycles. The summed E-state index contributed by atoms with van der Waals surface area (Å²) in [6, 6.07) is 17.2. The molecule has 0 saturated heterocycles. The number of aromatic nitrogens is 2. The highest BCUT2D eigenvalue weighted by molar-refractivity contribution is 5.92. The van der Waals surface area contributed by atoms with Gasteiger partial charge in [-0.05, 0) is 49.7 Å². The van der Waals surface area contributed by atoms with Crippen molar-refractivity contribution in [1.29, 1.82) is 0 Å². The van der Waals surface area contributed by atoms with Gasteiger partial charge in [0.15, 0.2) is 0 Å². The number of para-hydroxylation sites is 1. The first kappa shape index (κ1) is 18.4. The third-order valence-electron chi connectivity index (χ3n) is 3.98. The number of carbonyl (C=O) groups excluding carboxylic acids is 1. The van der Waals surface area contributed by atoms with Gasteiger partial charge in [0.2, 0.25) is 0 Å². The van der Waals surface area contributed by atoms with E-state index in [1.54, 1.807) is 6.20 Å². The smallest absolute Gasteiger partial charge is 0.271 e. The van der Waals surface area contributed by atoms with Gasteiger partial charge in [-0.25, -0.2) is 9.97 Å². The molecule has 0 fully saturated rings. The molecular weight excluding hydrogens is 340 g/mol. The van der Waals surface area contributed by atoms with E-state index >= 15 is 0 Å². The Morgan fingerprint density at radius 3 is 2.33 bits per heavy atom. The Kier molecular flexibility index (Phi) is 5.99. The van der Waals surface area contributed by atoms with Crippen molar-refractivity contribution >= 4 is 17.4 Å². The lowest BCUT2D eigenvalue weighted by Crippen LogP contribution is -2.32. The van der Waals surface area contributed by atoms with Crippen LogP contribution < -0.4 is 15.4 Å². The largest absolute Gasteiger partial charge is 0.457 e. The third kappa shape index (κ3) is 5.28. The molecule has 0 aliphatic rings. The molecule has 6 nitrogen and oxygen atoms in total. The molecule has 6 heteroatoms. The van der Waals surface area contributed by atoms with Crippen molar-refractivity contribution in [3.8, 4) is 11.5 Å². The topological polar surface area (TPSA) is 76.1 Å². The highest BCUT2D eigenvalue weighted by Crippen LogP contribution is 2.23. The Bertz CT molecular complexity index is 865. The van der Waals surface area contributed by atoms with Crippen molar-refractivity contribution < 1.29 is 9.53 Å². The molecule has 2 aromatic carbocycles. The van der Waals surface area contributed by atoms with E-state index in [4.69, 9.17) is 4.74 Å². The first-order valence-corrected chi connectivity index (χ1v) is 8.87. The minimum atomic E-state index is -0.217. The normalized spacial score (nSPS) is 11.5. The van der Waals surface area contributed by atoms with Crippen LogP contribution in [0.25, 0.3) is 0 Å². The van der Waals surface area contributed by atoms with Gasteiger partial charge >= 0.3 is 0 Å². The van der Waals surface area contributed by atoms with Gasteiger partial charge in [-0.3, -0.25) is 4.79 Å². The zero-order chi connectivity index (χ0) is 19.1. The summed E-state index contributed by atoms with van der Waals surface area (Å²) in [7, 11) is 0. The van der Waals surface area contributed by atoms with E-state index in [0.717, 1.165) is 23.6 Å². The molecule has 1 atom stereocenters. The molecule has 1 unspecified atom stereocenters. The summed E-state index contributed by atoms with van der Waals surface area (Å²) in [6.07, 6.45) is 3.87. The first-order valence-electron chi connectivity index (χ1n) is 8.87. The third-order valence-corrected chi connectivity index (χ3v) is 3.98. The van der Waals surface area contributed by atoms with Crippen LogP contribution in [0.3, 0.4) is 0 Å². The Balaban J connectivity index is 1.59. The SMILES string of the molecule is CCC(C)NC(=O)c1cnc(Nc2ccc(Oc3ccccc3)cc2)cn1. The number of benzene rings is 2. The number of ether oxygens (including phenoxy) is 1. The predicted octanol–water partition coefficient (Wildman–Crippen LogP) is 4.54. The van der Waals surface area contributed by atoms with Crippen LogP contribution in [-0.2, 0) is 0 Å². The maximum Gasteiger partial charge on any atom is 0.271 e. The summed E-state index contributed by atoms with van der Waals surface area (Å²) < 4.78 is 5.77. The van der Waals surface area contributed by atoms with Crippen LogP contribution in [-0.4, -0.2) is 21.9 Å². The van der Waals surface area contributed by atoms with Crippen LogP contribution in [0.2, 0.25) is 0 Å². The molecule has 27 heavy (non-hydrogen) atoms. The van der Waals surface area contributed by atoms with Crippen molar-refractivity contribution in [1.82, 2.24) is 15.3 Å². The quantitative estimate of drug-likeness (QED) is 0.645. The van der Waals surface area contributed by atoms with Crippen molar-refractivity contribution in [2.24, 2.45) is 0 Å². The second kappa shape index (κ2) is 8.80. The standard InChI is InChI=1S/C21H22N4O2/c1-3-15(2)24-21(26)19-13-23-20(14-22-19)25-16-9-11-18(12-10-16)27-17-7-5-4-6-8-17/h4-15H,3H2,1-2H3,(H,23,25)(H,24,26). The van der Waals surface area contributed by atoms with Gasteiger partial charge in [-0.1, -0.05) is 25.1 Å². The lowest BCUT2D eigenvalue weighted by Gasteiger charge is -2.11. The van der Waals surface area contributed by atoms with Crippen LogP contribution in [0.5, 0.6) is 11.5 Å². The molecule has 0 spiro atoms. The number of nitrogens with one attached hydrogen (secondary N) is 2. The van der Waals surface area contributed by atoms with E-state index in [1.807, 2.05) is 68.4 Å². The van der Waals surface area contributed by atoms with Crippen LogP contribution in [0.4, 0.5) is 11.5 Å². The molecule has 0 radical (unpaired) electrons. The van der Waals surface area contributed by atoms with E-state index in [1.165, 1.54) is 6.20 Å². The summed E-state index contributed by atoms with van der Waals surface area (Å²) in [4.78, 5) is 20.4. The number of hydrogen-bond acceptors (Lipinski definition) is 5. The van der Waals surface area contributed by atoms with Crippen molar-refractivity contribution in [3.05, 3.63) is 72.7 Å². The molecule has 1 aromatic heterocycles. The number of carbonyl (C=O) groups is 1. The Morgan fingerprint density at radius 2 is 1.70 bits per heavy atom. The van der Waals surface area contributed by atoms with E-state index in [2.05, 4.69) is 20.6 Å². The van der Waals surface area contributed by atoms with Gasteiger partial charge in [-0.15, -0.1) is 0 Å². The summed E-state index contributed by atoms with van der Waals surface area (Å²) in [5.41, 5.74) is 1.15. The van der Waals surface area contributed by atoms with Crippen molar-refractivity contribution in [2.45, 2.75) is 26.3 Å². The fraction of sp³-hybridized carbons (Fsp3) is 0.190. The van der Waals surface area contributed by atoms with Gasteiger partial charge in [0, 0.05) is 11.7 Å². The zero-order valence-electron chi connectivity index (χ0n) is 15.3. The summed E-state index contributed by atoms with van der Waals surface area (Å²) in [6.45, 7) is 3.96. The minimum Gasteiger partial charge on any atom is -0.457 e. The summed E-state index contributed by atoms with van der Waals surface area (Å²) >= 11 is 0. The van der Waals surface area contributed by atoms with Gasteiger partial charge < -0.3 is 15.4 Å². The number of anilines is 2. The van der Waals surface area contributed by atoms with Crippen LogP contribution in [0, 0.1) is 0 Å². The number of hydrogen-bond donors (Lipinski definition) is 2. The zero-order valence-corrected chi connectivity index (χ0v) is 15.3. The lowest BCUT2D eigenvalue weighted by molar-refractivity contribution is 0.0934. The Labute approximate surface area is 158 Å². The van der Waals surface area contributed by atoms with Crippen LogP contribution in [0.1, 0.15) is 30.8 Å². The molecule has 3 rings (SSSR count). The van der Waals surface area contributed by atoms with E-state index in [9.17, 15) is 4.79 Å². The maximum absolute atomic E-state index is 12.0. The second-order valence-corrected chi connectivity index (χ2v) is 6.13. The highest BCUT2D eigenvalue weighted by atomic mass is 16.5. The van der Waals surface area contributed by atoms with Crippen molar-refractivity contribution in [2.75, 3.05) is 5.32 Å². The number of nitrogens with zero attached hydrogens (tertiary/aromatic N) is 2. The van der Waals surface area contributed by atoms with Crippen LogP contribution >= 0.6 is 0 Å². The van der Waals surface area contributed by atoms with Gasteiger partial charge in [0.25, 0.3) is 5.91 Å². The molecule has 0 aliphatic carbocycles. The molecule has 138 valence electrons. The maximum atomic E-state index is 12.0. The average Bonchev–Trinajstić information content (AvgIpc) is 2.70. The predicted molar refractivity (Wildman–Crippen MR) is 105 cm³/mol. The average molecular weight is 362 g/mol. The van der Waals surface area contributed by atoms with Gasteiger partial charge in [0.05, 0.1) is 12.4 Å². The summed E-state index contributed by atoms with van der Waals surface area (Å²) in [5, 5.41) is 6.02. The highest BCUT2D eigenvalue weighted by Gasteiger charge is 2.10. The number of amides is 1. The molecule has 0 bridgehead atoms. The van der Waals surface area contributed by atoms with Crippen molar-refractivity contribution in [3.63, 3.8) is 0 Å². The van der Waals surface area contributed by atoms with Gasteiger partial charge in [-0.2, -0.15) is 0 Å².